The molecule has 0 aliphatic heterocycles. The van der Waals surface area contributed by atoms with Gasteiger partial charge in [-0.3, -0.25) is 0 Å². The fourth-order valence-electron chi connectivity index (χ4n) is 1.36. The van der Waals surface area contributed by atoms with Crippen LogP contribution in [0.5, 0.6) is 0 Å². The van der Waals surface area contributed by atoms with E-state index in [0.717, 1.165) is 5.56 Å². The van der Waals surface area contributed by atoms with Crippen LogP contribution in [0.3, 0.4) is 0 Å². The molecule has 31 heavy (non-hydrogen) atoms. The Bertz CT molecular complexity index is 426. The maximum Gasteiger partial charge on any atom is 0.126 e. The minimum absolute atomic E-state index is 0. The Morgan fingerprint density at radius 1 is 0.484 bits per heavy atom. The average molecular weight is 555 g/mol. The number of hydrogen-bond acceptors (Lipinski definition) is 0. The van der Waals surface area contributed by atoms with Gasteiger partial charge in [-0.2, -0.15) is 0 Å². The fraction of sp³-hybridized carbons (Fsp3) is 0.250. The van der Waals surface area contributed by atoms with Crippen LogP contribution in [-0.4, -0.2) is 0 Å². The summed E-state index contributed by atoms with van der Waals surface area (Å²) < 4.78 is 60.0. The third-order valence-corrected chi connectivity index (χ3v) is 2.09. The van der Waals surface area contributed by atoms with Crippen LogP contribution in [0.4, 0.5) is 0 Å². The maximum atomic E-state index is 7.50. The molecular weight excluding hydrogens is 538 g/mol. The third kappa shape index (κ3) is 151. The van der Waals surface area contributed by atoms with Crippen LogP contribution in [0, 0.1) is 60.1 Å². The standard InChI is InChI=1S/C7H7.C5H10.8CO.Co.Fe.Mn/c1-7-5-3-2-4-6-7;1-2-4-5-3-1;8*1-2;;;/h2-6H,1H2;1-5H2;;;;;;;;;;;/q+1;;;;;;;;;;;;. The van der Waals surface area contributed by atoms with Crippen LogP contribution >= 0.6 is 0 Å². The Morgan fingerprint density at radius 2 is 0.645 bits per heavy atom. The summed E-state index contributed by atoms with van der Waals surface area (Å²) in [6.07, 6.45) is 7.50. The summed E-state index contributed by atoms with van der Waals surface area (Å²) in [6, 6.07) is 9.87. The first kappa shape index (κ1) is 70.0. The number of hydrogen-bond donors (Lipinski definition) is 0. The van der Waals surface area contributed by atoms with E-state index in [0.29, 0.717) is 0 Å². The van der Waals surface area contributed by atoms with Gasteiger partial charge < -0.3 is 0 Å². The van der Waals surface area contributed by atoms with Crippen LogP contribution in [0.1, 0.15) is 37.7 Å². The van der Waals surface area contributed by atoms with E-state index < -0.39 is 0 Å². The second kappa shape index (κ2) is 162. The quantitative estimate of drug-likeness (QED) is 0.261. The zero-order valence-electron chi connectivity index (χ0n) is 16.0. The molecule has 1 fully saturated rings. The molecule has 8 nitrogen and oxygen atoms in total. The Morgan fingerprint density at radius 3 is 0.742 bits per heavy atom. The summed E-state index contributed by atoms with van der Waals surface area (Å²) in [5, 5.41) is 0. The Labute approximate surface area is 215 Å². The van der Waals surface area contributed by atoms with E-state index in [4.69, 9.17) is 37.2 Å². The smallest absolute Gasteiger partial charge is 0.0356 e. The van der Waals surface area contributed by atoms with Crippen molar-refractivity contribution in [2.24, 2.45) is 0 Å². The Kier molecular flexibility index (Phi) is 367. The largest absolute Gasteiger partial charge is 0.126 e. The minimum atomic E-state index is 0. The van der Waals surface area contributed by atoms with Crippen molar-refractivity contribution in [2.75, 3.05) is 0 Å². The summed E-state index contributed by atoms with van der Waals surface area (Å²) in [5.41, 5.74) is 1.07. The molecule has 0 unspecified atom stereocenters. The van der Waals surface area contributed by atoms with E-state index in [2.05, 4.69) is 60.1 Å². The van der Waals surface area contributed by atoms with Gasteiger partial charge in [0.05, 0.1) is 0 Å². The monoisotopic (exact) mass is 555 g/mol. The predicted molar refractivity (Wildman–Crippen MR) is 85.4 cm³/mol. The summed E-state index contributed by atoms with van der Waals surface area (Å²) in [6.45, 7) is 39.7. The van der Waals surface area contributed by atoms with Gasteiger partial charge in [-0.25, -0.2) is 0 Å². The predicted octanol–water partition coefficient (Wildman–Crippen LogP) is 3.51. The molecule has 1 aromatic carbocycles. The molecule has 0 bridgehead atoms. The van der Waals surface area contributed by atoms with Crippen LogP contribution in [0.2, 0.25) is 0 Å². The van der Waals surface area contributed by atoms with Crippen LogP contribution in [0.15, 0.2) is 30.3 Å². The van der Waals surface area contributed by atoms with Gasteiger partial charge in [0, 0.05) is 70.0 Å². The van der Waals surface area contributed by atoms with Crippen molar-refractivity contribution in [1.29, 1.82) is 0 Å². The zero-order chi connectivity index (χ0) is 24.6. The molecule has 2 radical (unpaired) electrons. The van der Waals surface area contributed by atoms with Crippen LogP contribution < -0.4 is 0 Å². The van der Waals surface area contributed by atoms with E-state index in [1.807, 2.05) is 30.3 Å². The van der Waals surface area contributed by atoms with Crippen molar-refractivity contribution in [1.82, 2.24) is 0 Å². The molecule has 0 amide bonds. The van der Waals surface area contributed by atoms with Crippen molar-refractivity contribution in [3.63, 3.8) is 0 Å². The number of benzene rings is 1. The van der Waals surface area contributed by atoms with Gasteiger partial charge in [-0.1, -0.05) is 32.1 Å². The van der Waals surface area contributed by atoms with Gasteiger partial charge >= 0.3 is 90.4 Å². The van der Waals surface area contributed by atoms with Gasteiger partial charge in [0.15, 0.2) is 0 Å². The first-order chi connectivity index (χ1) is 13.9. The minimum Gasteiger partial charge on any atom is -0.0356 e. The molecule has 1 aromatic rings. The van der Waals surface area contributed by atoms with Crippen molar-refractivity contribution in [3.05, 3.63) is 96.0 Å². The molecule has 0 aromatic heterocycles. The van der Waals surface area contributed by atoms with Crippen LogP contribution in [-0.2, 0) is 88.1 Å². The molecule has 168 valence electrons. The molecule has 11 heteroatoms. The first-order valence-electron chi connectivity index (χ1n) is 6.40. The molecule has 0 heterocycles. The van der Waals surface area contributed by atoms with E-state index in [1.54, 1.807) is 0 Å². The SMILES string of the molecule is C1CCCC1.[C-]#[O+].[C-]#[O+].[C-]#[O+].[C-]#[O+].[C-]#[O+].[C-]#[O+].[C-]#[O+].[C-]#[O+].[CH2+]c1ccccc1.[Co].[Fe].[Mn]. The van der Waals surface area contributed by atoms with Crippen molar-refractivity contribution in [2.45, 2.75) is 32.1 Å². The molecule has 0 N–H and O–H groups in total. The fourth-order valence-corrected chi connectivity index (χ4v) is 1.36. The summed E-state index contributed by atoms with van der Waals surface area (Å²) >= 11 is 0. The molecule has 0 saturated heterocycles. The van der Waals surface area contributed by atoms with Gasteiger partial charge in [0.25, 0.3) is 0 Å². The van der Waals surface area contributed by atoms with Gasteiger partial charge in [0.1, 0.15) is 5.56 Å². The van der Waals surface area contributed by atoms with Gasteiger partial charge in [-0.15, -0.1) is 0 Å². The molecule has 1 aliphatic rings. The summed E-state index contributed by atoms with van der Waals surface area (Å²) in [4.78, 5) is 0. The maximum absolute atomic E-state index is 7.50. The van der Waals surface area contributed by atoms with E-state index in [1.165, 1.54) is 32.1 Å². The third-order valence-electron chi connectivity index (χ3n) is 2.09. The van der Waals surface area contributed by atoms with E-state index >= 15 is 0 Å². The summed E-state index contributed by atoms with van der Waals surface area (Å²) in [7, 11) is 0. The molecule has 0 spiro atoms. The Hall–Kier alpha value is -1.44. The summed E-state index contributed by atoms with van der Waals surface area (Å²) in [5.74, 6) is 0. The molecule has 0 atom stereocenters. The van der Waals surface area contributed by atoms with Crippen LogP contribution in [0.25, 0.3) is 0 Å². The molecule has 1 aliphatic carbocycles. The zero-order valence-corrected chi connectivity index (χ0v) is 19.3. The van der Waals surface area contributed by atoms with E-state index in [-0.39, 0.29) is 50.9 Å². The van der Waals surface area contributed by atoms with Gasteiger partial charge in [-0.05, 0) is 18.2 Å². The second-order valence-electron chi connectivity index (χ2n) is 3.25. The second-order valence-corrected chi connectivity index (χ2v) is 3.25. The Balaban J connectivity index is -0.0000000169. The molecule has 2 rings (SSSR count). The van der Waals surface area contributed by atoms with Crippen molar-refractivity contribution in [3.8, 4) is 0 Å². The first-order valence-corrected chi connectivity index (χ1v) is 6.40. The van der Waals surface area contributed by atoms with E-state index in [9.17, 15) is 0 Å². The normalized spacial score (nSPS) is 6.32. The molecule has 1 saturated carbocycles. The average Bonchev–Trinajstić information content (AvgIpc) is 3.45. The molecular formula is C20H17CoFeMnO8+. The number of rotatable bonds is 0. The van der Waals surface area contributed by atoms with Crippen molar-refractivity contribution >= 4 is 0 Å². The van der Waals surface area contributed by atoms with Gasteiger partial charge in [0.2, 0.25) is 0 Å². The topological polar surface area (TPSA) is 159 Å². The van der Waals surface area contributed by atoms with Crippen molar-refractivity contribution < 1.29 is 88.1 Å².